The minimum absolute atomic E-state index is 0.359. The van der Waals surface area contributed by atoms with E-state index in [-0.39, 0.29) is 5.91 Å². The molecule has 0 saturated carbocycles. The van der Waals surface area contributed by atoms with Crippen molar-refractivity contribution in [3.8, 4) is 0 Å². The van der Waals surface area contributed by atoms with E-state index in [1.165, 1.54) is 6.21 Å². The molecular weight excluding hydrogens is 307 g/mol. The Hall–Kier alpha value is -1.50. The van der Waals surface area contributed by atoms with Gasteiger partial charge in [0.2, 0.25) is 0 Å². The quantitative estimate of drug-likeness (QED) is 0.699. The fourth-order valence-electron chi connectivity index (χ4n) is 1.27. The topological polar surface area (TPSA) is 67.2 Å². The molecule has 2 rings (SSSR count). The number of aryl methyl sites for hydroxylation is 1. The van der Waals surface area contributed by atoms with Gasteiger partial charge in [-0.05, 0) is 24.5 Å². The Morgan fingerprint density at radius 1 is 1.47 bits per heavy atom. The van der Waals surface area contributed by atoms with Crippen molar-refractivity contribution in [1.29, 1.82) is 0 Å². The molecule has 0 unspecified atom stereocenters. The zero-order valence-electron chi connectivity index (χ0n) is 9.72. The number of amides is 1. The molecule has 0 atom stereocenters. The summed E-state index contributed by atoms with van der Waals surface area (Å²) in [5.41, 5.74) is 3.57. The van der Waals surface area contributed by atoms with Gasteiger partial charge in [0.25, 0.3) is 5.91 Å². The van der Waals surface area contributed by atoms with Gasteiger partial charge in [-0.3, -0.25) is 4.79 Å². The molecule has 2 aromatic rings. The van der Waals surface area contributed by atoms with E-state index < -0.39 is 0 Å². The number of carbonyl (C=O) groups excluding carboxylic acids is 1. The second kappa shape index (κ2) is 6.10. The van der Waals surface area contributed by atoms with E-state index >= 15 is 0 Å². The lowest BCUT2D eigenvalue weighted by molar-refractivity contribution is 0.0958. The molecule has 0 saturated heterocycles. The Balaban J connectivity index is 2.07. The Bertz CT molecular complexity index is 641. The number of hydrogen-bond donors (Lipinski definition) is 1. The first kappa shape index (κ1) is 13.9. The standard InChI is InChI=1S/C11H8Cl2N4OS/c1-6-10(19-17-15-6)11(18)16-14-5-7-3-2-4-8(12)9(7)13/h2-5H,1H3,(H,16,18). The Kier molecular flexibility index (Phi) is 4.47. The van der Waals surface area contributed by atoms with Crippen LogP contribution in [-0.4, -0.2) is 21.7 Å². The molecule has 1 aromatic carbocycles. The highest BCUT2D eigenvalue weighted by molar-refractivity contribution is 7.07. The number of hydrazone groups is 1. The van der Waals surface area contributed by atoms with Gasteiger partial charge in [0.1, 0.15) is 4.88 Å². The maximum Gasteiger partial charge on any atom is 0.285 e. The first-order valence-electron chi connectivity index (χ1n) is 5.16. The largest absolute Gasteiger partial charge is 0.285 e. The van der Waals surface area contributed by atoms with E-state index in [0.29, 0.717) is 26.2 Å². The van der Waals surface area contributed by atoms with Crippen LogP contribution in [0.2, 0.25) is 10.0 Å². The summed E-state index contributed by atoms with van der Waals surface area (Å²) in [4.78, 5) is 12.1. The average molecular weight is 315 g/mol. The number of halogens is 2. The van der Waals surface area contributed by atoms with Crippen LogP contribution in [0.25, 0.3) is 0 Å². The van der Waals surface area contributed by atoms with Crippen LogP contribution < -0.4 is 5.43 Å². The normalized spacial score (nSPS) is 10.9. The maximum absolute atomic E-state index is 11.7. The van der Waals surface area contributed by atoms with Crippen LogP contribution in [0.5, 0.6) is 0 Å². The molecule has 0 fully saturated rings. The van der Waals surface area contributed by atoms with Crippen molar-refractivity contribution in [2.24, 2.45) is 5.10 Å². The third-order valence-corrected chi connectivity index (χ3v) is 3.87. The number of benzene rings is 1. The molecule has 0 spiro atoms. The van der Waals surface area contributed by atoms with Crippen LogP contribution in [0.15, 0.2) is 23.3 Å². The lowest BCUT2D eigenvalue weighted by atomic mass is 10.2. The third kappa shape index (κ3) is 3.28. The van der Waals surface area contributed by atoms with Gasteiger partial charge < -0.3 is 0 Å². The molecule has 1 heterocycles. The second-order valence-corrected chi connectivity index (χ2v) is 5.07. The summed E-state index contributed by atoms with van der Waals surface area (Å²) in [7, 11) is 0. The summed E-state index contributed by atoms with van der Waals surface area (Å²) < 4.78 is 3.68. The lowest BCUT2D eigenvalue weighted by Gasteiger charge is -2.00. The van der Waals surface area contributed by atoms with Crippen molar-refractivity contribution in [1.82, 2.24) is 15.0 Å². The first-order valence-corrected chi connectivity index (χ1v) is 6.69. The minimum atomic E-state index is -0.359. The lowest BCUT2D eigenvalue weighted by Crippen LogP contribution is -2.17. The number of nitrogens with zero attached hydrogens (tertiary/aromatic N) is 3. The van der Waals surface area contributed by atoms with E-state index in [2.05, 4.69) is 20.1 Å². The fourth-order valence-corrected chi connectivity index (χ4v) is 2.17. The number of nitrogens with one attached hydrogen (secondary N) is 1. The van der Waals surface area contributed by atoms with Gasteiger partial charge in [0.15, 0.2) is 0 Å². The monoisotopic (exact) mass is 314 g/mol. The van der Waals surface area contributed by atoms with E-state index in [1.807, 2.05) is 0 Å². The highest BCUT2D eigenvalue weighted by atomic mass is 35.5. The number of rotatable bonds is 3. The molecule has 8 heteroatoms. The predicted molar refractivity (Wildman–Crippen MR) is 76.2 cm³/mol. The van der Waals surface area contributed by atoms with Crippen LogP contribution in [0, 0.1) is 6.92 Å². The molecule has 0 aliphatic heterocycles. The highest BCUT2D eigenvalue weighted by Crippen LogP contribution is 2.24. The molecular formula is C11H8Cl2N4OS. The van der Waals surface area contributed by atoms with E-state index in [4.69, 9.17) is 23.2 Å². The van der Waals surface area contributed by atoms with Gasteiger partial charge >= 0.3 is 0 Å². The van der Waals surface area contributed by atoms with Crippen molar-refractivity contribution in [2.45, 2.75) is 6.92 Å². The van der Waals surface area contributed by atoms with Crippen molar-refractivity contribution in [3.63, 3.8) is 0 Å². The summed E-state index contributed by atoms with van der Waals surface area (Å²) in [5.74, 6) is -0.359. The molecule has 0 radical (unpaired) electrons. The van der Waals surface area contributed by atoms with Crippen LogP contribution in [0.1, 0.15) is 20.9 Å². The van der Waals surface area contributed by atoms with Crippen molar-refractivity contribution in [2.75, 3.05) is 0 Å². The molecule has 1 amide bonds. The summed E-state index contributed by atoms with van der Waals surface area (Å²) in [6.07, 6.45) is 1.43. The van der Waals surface area contributed by atoms with Crippen LogP contribution in [0.3, 0.4) is 0 Å². The van der Waals surface area contributed by atoms with Gasteiger partial charge in [-0.25, -0.2) is 5.43 Å². The average Bonchev–Trinajstić information content (AvgIpc) is 2.81. The number of carbonyl (C=O) groups is 1. The van der Waals surface area contributed by atoms with Gasteiger partial charge in [-0.2, -0.15) is 5.10 Å². The molecule has 1 N–H and O–H groups in total. The molecule has 98 valence electrons. The number of hydrogen-bond acceptors (Lipinski definition) is 5. The predicted octanol–water partition coefficient (Wildman–Crippen LogP) is 2.92. The van der Waals surface area contributed by atoms with Crippen LogP contribution in [-0.2, 0) is 0 Å². The third-order valence-electron chi connectivity index (χ3n) is 2.21. The summed E-state index contributed by atoms with van der Waals surface area (Å²) in [5, 5.41) is 8.39. The van der Waals surface area contributed by atoms with Gasteiger partial charge in [0, 0.05) is 5.56 Å². The molecule has 0 aliphatic rings. The maximum atomic E-state index is 11.7. The van der Waals surface area contributed by atoms with Crippen molar-refractivity contribution < 1.29 is 4.79 Å². The SMILES string of the molecule is Cc1nnsc1C(=O)NN=Cc1cccc(Cl)c1Cl. The summed E-state index contributed by atoms with van der Waals surface area (Å²) in [6.45, 7) is 1.70. The van der Waals surface area contributed by atoms with E-state index in [1.54, 1.807) is 25.1 Å². The van der Waals surface area contributed by atoms with Crippen molar-refractivity contribution in [3.05, 3.63) is 44.4 Å². The molecule has 19 heavy (non-hydrogen) atoms. The van der Waals surface area contributed by atoms with Crippen molar-refractivity contribution >= 4 is 46.9 Å². The fraction of sp³-hybridized carbons (Fsp3) is 0.0909. The summed E-state index contributed by atoms with van der Waals surface area (Å²) >= 11 is 12.9. The zero-order valence-corrected chi connectivity index (χ0v) is 12.1. The Morgan fingerprint density at radius 3 is 2.95 bits per heavy atom. The summed E-state index contributed by atoms with van der Waals surface area (Å²) in [6, 6.07) is 5.16. The van der Waals surface area contributed by atoms with Gasteiger partial charge in [-0.15, -0.1) is 5.10 Å². The van der Waals surface area contributed by atoms with Crippen LogP contribution >= 0.6 is 34.7 Å². The van der Waals surface area contributed by atoms with Gasteiger partial charge in [0.05, 0.1) is 22.0 Å². The smallest absolute Gasteiger partial charge is 0.266 e. The molecule has 0 bridgehead atoms. The zero-order chi connectivity index (χ0) is 13.8. The molecule has 0 aliphatic carbocycles. The first-order chi connectivity index (χ1) is 9.09. The minimum Gasteiger partial charge on any atom is -0.266 e. The van der Waals surface area contributed by atoms with E-state index in [9.17, 15) is 4.79 Å². The second-order valence-electron chi connectivity index (χ2n) is 3.53. The Labute approximate surface area is 123 Å². The Morgan fingerprint density at radius 2 is 2.26 bits per heavy atom. The molecule has 1 aromatic heterocycles. The van der Waals surface area contributed by atoms with Crippen LogP contribution in [0.4, 0.5) is 0 Å². The number of aromatic nitrogens is 2. The highest BCUT2D eigenvalue weighted by Gasteiger charge is 2.11. The molecule has 5 nitrogen and oxygen atoms in total. The van der Waals surface area contributed by atoms with Gasteiger partial charge in [-0.1, -0.05) is 39.8 Å². The van der Waals surface area contributed by atoms with E-state index in [0.717, 1.165) is 11.5 Å².